The van der Waals surface area contributed by atoms with E-state index in [-0.39, 0.29) is 12.1 Å². The van der Waals surface area contributed by atoms with E-state index in [0.717, 1.165) is 4.90 Å². The van der Waals surface area contributed by atoms with Gasteiger partial charge in [0, 0.05) is 12.1 Å². The van der Waals surface area contributed by atoms with Crippen LogP contribution >= 0.6 is 0 Å². The lowest BCUT2D eigenvalue weighted by Crippen LogP contribution is -2.43. The summed E-state index contributed by atoms with van der Waals surface area (Å²) in [5, 5.41) is 8.69. The molecular weight excluding hydrogens is 204 g/mol. The molecule has 0 saturated heterocycles. The molecular formula is C10H9F2NO2. The number of halogens is 2. The number of benzene rings is 1. The van der Waals surface area contributed by atoms with Crippen LogP contribution in [0.5, 0.6) is 0 Å². The molecule has 0 aromatic heterocycles. The maximum Gasteiger partial charge on any atom is 0.407 e. The second-order valence-corrected chi connectivity index (χ2v) is 3.50. The van der Waals surface area contributed by atoms with Crippen LogP contribution < -0.4 is 0 Å². The molecule has 0 unspecified atom stereocenters. The summed E-state index contributed by atoms with van der Waals surface area (Å²) >= 11 is 0. The van der Waals surface area contributed by atoms with Crippen LogP contribution in [0.2, 0.25) is 0 Å². The fourth-order valence-corrected chi connectivity index (χ4v) is 1.74. The van der Waals surface area contributed by atoms with Gasteiger partial charge in [-0.15, -0.1) is 0 Å². The minimum atomic E-state index is -3.09. The van der Waals surface area contributed by atoms with Crippen molar-refractivity contribution < 1.29 is 18.7 Å². The van der Waals surface area contributed by atoms with Crippen molar-refractivity contribution in [3.63, 3.8) is 0 Å². The van der Waals surface area contributed by atoms with Crippen LogP contribution in [-0.2, 0) is 12.5 Å². The van der Waals surface area contributed by atoms with Crippen molar-refractivity contribution in [2.24, 2.45) is 0 Å². The Morgan fingerprint density at radius 1 is 1.40 bits per heavy atom. The summed E-state index contributed by atoms with van der Waals surface area (Å²) in [7, 11) is 0. The first-order chi connectivity index (χ1) is 7.00. The molecule has 1 aliphatic rings. The van der Waals surface area contributed by atoms with Crippen molar-refractivity contribution in [1.29, 1.82) is 0 Å². The molecule has 1 aliphatic heterocycles. The van der Waals surface area contributed by atoms with Crippen molar-refractivity contribution in [3.05, 3.63) is 35.4 Å². The fourth-order valence-electron chi connectivity index (χ4n) is 1.74. The summed E-state index contributed by atoms with van der Waals surface area (Å²) in [4.78, 5) is 11.4. The van der Waals surface area contributed by atoms with Gasteiger partial charge in [-0.2, -0.15) is 8.78 Å². The molecule has 0 spiro atoms. The van der Waals surface area contributed by atoms with Crippen molar-refractivity contribution in [3.8, 4) is 0 Å². The number of hydrogen-bond donors (Lipinski definition) is 1. The van der Waals surface area contributed by atoms with Crippen molar-refractivity contribution in [1.82, 2.24) is 4.90 Å². The molecule has 0 saturated carbocycles. The number of nitrogens with zero attached hydrogens (tertiary/aromatic N) is 1. The van der Waals surface area contributed by atoms with Gasteiger partial charge in [-0.3, -0.25) is 4.90 Å². The Kier molecular flexibility index (Phi) is 2.10. The minimum absolute atomic E-state index is 0.0289. The smallest absolute Gasteiger partial charge is 0.407 e. The predicted octanol–water partition coefficient (Wildman–Crippen LogP) is 2.27. The van der Waals surface area contributed by atoms with Crippen molar-refractivity contribution >= 4 is 6.09 Å². The summed E-state index contributed by atoms with van der Waals surface area (Å²) in [5.41, 5.74) is 0.304. The Morgan fingerprint density at radius 3 is 2.73 bits per heavy atom. The Hall–Kier alpha value is -1.65. The second-order valence-electron chi connectivity index (χ2n) is 3.50. The average Bonchev–Trinajstić information content (AvgIpc) is 2.16. The highest BCUT2D eigenvalue weighted by molar-refractivity contribution is 5.66. The Balaban J connectivity index is 2.43. The first kappa shape index (κ1) is 9.89. The van der Waals surface area contributed by atoms with Gasteiger partial charge in [0.2, 0.25) is 0 Å². The van der Waals surface area contributed by atoms with E-state index in [1.165, 1.54) is 18.2 Å². The molecule has 0 aliphatic carbocycles. The van der Waals surface area contributed by atoms with Crippen LogP contribution in [0.15, 0.2) is 24.3 Å². The van der Waals surface area contributed by atoms with Crippen LogP contribution in [0.25, 0.3) is 0 Å². The molecule has 1 amide bonds. The number of carbonyl (C=O) groups is 1. The van der Waals surface area contributed by atoms with Crippen LogP contribution in [-0.4, -0.2) is 22.6 Å². The number of alkyl halides is 2. The SMILES string of the molecule is O=C(O)N1Cc2ccccc2C(F)(F)C1. The van der Waals surface area contributed by atoms with E-state index >= 15 is 0 Å². The van der Waals surface area contributed by atoms with Gasteiger partial charge in [0.25, 0.3) is 5.92 Å². The Bertz CT molecular complexity index is 406. The molecule has 0 radical (unpaired) electrons. The lowest BCUT2D eigenvalue weighted by Gasteiger charge is -2.32. The van der Waals surface area contributed by atoms with Gasteiger partial charge < -0.3 is 5.11 Å². The van der Waals surface area contributed by atoms with Gasteiger partial charge in [-0.05, 0) is 5.56 Å². The second kappa shape index (κ2) is 3.18. The summed E-state index contributed by atoms with van der Waals surface area (Å²) in [6.45, 7) is -0.736. The van der Waals surface area contributed by atoms with Gasteiger partial charge in [-0.1, -0.05) is 24.3 Å². The third-order valence-corrected chi connectivity index (χ3v) is 2.43. The van der Waals surface area contributed by atoms with E-state index in [0.29, 0.717) is 5.56 Å². The van der Waals surface area contributed by atoms with Gasteiger partial charge in [0.05, 0.1) is 6.54 Å². The van der Waals surface area contributed by atoms with E-state index in [4.69, 9.17) is 5.11 Å². The third kappa shape index (κ3) is 1.65. The summed E-state index contributed by atoms with van der Waals surface area (Å²) in [6.07, 6.45) is -1.32. The summed E-state index contributed by atoms with van der Waals surface area (Å²) < 4.78 is 27.0. The summed E-state index contributed by atoms with van der Waals surface area (Å²) in [5.74, 6) is -3.09. The largest absolute Gasteiger partial charge is 0.465 e. The fraction of sp³-hybridized carbons (Fsp3) is 0.300. The molecule has 1 N–H and O–H groups in total. The maximum absolute atomic E-state index is 13.5. The molecule has 1 aromatic carbocycles. The molecule has 0 atom stereocenters. The molecule has 1 heterocycles. The standard InChI is InChI=1S/C10H9F2NO2/c11-10(12)6-13(9(14)15)5-7-3-1-2-4-8(7)10/h1-4H,5-6H2,(H,14,15). The van der Waals surface area contributed by atoms with Crippen LogP contribution in [0.1, 0.15) is 11.1 Å². The molecule has 2 rings (SSSR count). The topological polar surface area (TPSA) is 40.5 Å². The first-order valence-corrected chi connectivity index (χ1v) is 4.45. The number of rotatable bonds is 0. The third-order valence-electron chi connectivity index (χ3n) is 2.43. The van der Waals surface area contributed by atoms with E-state index < -0.39 is 18.6 Å². The van der Waals surface area contributed by atoms with Crippen molar-refractivity contribution in [2.75, 3.05) is 6.54 Å². The van der Waals surface area contributed by atoms with E-state index in [9.17, 15) is 13.6 Å². The maximum atomic E-state index is 13.5. The highest BCUT2D eigenvalue weighted by Gasteiger charge is 2.41. The Labute approximate surface area is 84.9 Å². The first-order valence-electron chi connectivity index (χ1n) is 4.45. The van der Waals surface area contributed by atoms with Gasteiger partial charge in [0.1, 0.15) is 0 Å². The zero-order chi connectivity index (χ0) is 11.1. The van der Waals surface area contributed by atoms with Crippen LogP contribution in [0.4, 0.5) is 13.6 Å². The molecule has 5 heteroatoms. The van der Waals surface area contributed by atoms with Crippen molar-refractivity contribution in [2.45, 2.75) is 12.5 Å². The molecule has 80 valence electrons. The zero-order valence-corrected chi connectivity index (χ0v) is 7.78. The molecule has 0 bridgehead atoms. The van der Waals surface area contributed by atoms with E-state index in [1.54, 1.807) is 6.07 Å². The van der Waals surface area contributed by atoms with Gasteiger partial charge in [-0.25, -0.2) is 4.79 Å². The quantitative estimate of drug-likeness (QED) is 0.718. The van der Waals surface area contributed by atoms with Crippen LogP contribution in [0, 0.1) is 0 Å². The molecule has 15 heavy (non-hydrogen) atoms. The van der Waals surface area contributed by atoms with Gasteiger partial charge in [0.15, 0.2) is 0 Å². The van der Waals surface area contributed by atoms with Gasteiger partial charge >= 0.3 is 6.09 Å². The van der Waals surface area contributed by atoms with E-state index in [2.05, 4.69) is 0 Å². The molecule has 1 aromatic rings. The average molecular weight is 213 g/mol. The highest BCUT2D eigenvalue weighted by Crippen LogP contribution is 2.36. The number of carboxylic acid groups (broad SMARTS) is 1. The van der Waals surface area contributed by atoms with E-state index in [1.807, 2.05) is 0 Å². The molecule has 3 nitrogen and oxygen atoms in total. The van der Waals surface area contributed by atoms with Crippen LogP contribution in [0.3, 0.4) is 0 Å². The highest BCUT2D eigenvalue weighted by atomic mass is 19.3. The lowest BCUT2D eigenvalue weighted by atomic mass is 9.97. The lowest BCUT2D eigenvalue weighted by molar-refractivity contribution is -0.0463. The summed E-state index contributed by atoms with van der Waals surface area (Å²) in [6, 6.07) is 6.02. The number of fused-ring (bicyclic) bond motifs is 1. The monoisotopic (exact) mass is 213 g/mol. The zero-order valence-electron chi connectivity index (χ0n) is 7.78. The number of amides is 1. The predicted molar refractivity (Wildman–Crippen MR) is 48.8 cm³/mol. The Morgan fingerprint density at radius 2 is 2.07 bits per heavy atom. The number of hydrogen-bond acceptors (Lipinski definition) is 1. The normalized spacial score (nSPS) is 18.4. The molecule has 0 fully saturated rings. The minimum Gasteiger partial charge on any atom is -0.465 e.